The van der Waals surface area contributed by atoms with Crippen LogP contribution in [0.15, 0.2) is 73.1 Å². The average molecular weight is 473 g/mol. The van der Waals surface area contributed by atoms with Crippen molar-refractivity contribution < 1.29 is 0 Å². The first-order valence-electron chi connectivity index (χ1n) is 14.3. The summed E-state index contributed by atoms with van der Waals surface area (Å²) in [7, 11) is 0. The van der Waals surface area contributed by atoms with Crippen LogP contribution in [0, 0.1) is 0 Å². The molecule has 0 saturated heterocycles. The van der Waals surface area contributed by atoms with Crippen molar-refractivity contribution in [2.75, 3.05) is 0 Å². The molecule has 0 aliphatic rings. The molecule has 2 heteroatoms. The molecule has 3 aromatic rings. The summed E-state index contributed by atoms with van der Waals surface area (Å²) >= 11 is 0. The average Bonchev–Trinajstić information content (AvgIpc) is 3.35. The first-order chi connectivity index (χ1) is 17.2. The van der Waals surface area contributed by atoms with Crippen LogP contribution in [0.25, 0.3) is 0 Å². The molecule has 1 heterocycles. The summed E-state index contributed by atoms with van der Waals surface area (Å²) in [6, 6.07) is 22.2. The summed E-state index contributed by atoms with van der Waals surface area (Å²) in [5.41, 5.74) is 2.80. The first-order valence-corrected chi connectivity index (χ1v) is 14.3. The standard InChI is InChI=1S/C33H48N2/c1-4-6-7-8-9-10-11-12-19-26-35-27-25-34-32(35)31(20-5-2)33(3,30-23-17-14-18-24-30)28-29-21-15-13-16-22-29/h13-18,21-25,27,31H,4-12,19-20,26,28H2,1-3H3. The van der Waals surface area contributed by atoms with Crippen LogP contribution < -0.4 is 0 Å². The Morgan fingerprint density at radius 1 is 0.743 bits per heavy atom. The van der Waals surface area contributed by atoms with Crippen molar-refractivity contribution in [2.45, 2.75) is 116 Å². The summed E-state index contributed by atoms with van der Waals surface area (Å²) in [5, 5.41) is 0. The van der Waals surface area contributed by atoms with E-state index in [1.165, 1.54) is 74.7 Å². The number of benzene rings is 2. The monoisotopic (exact) mass is 472 g/mol. The van der Waals surface area contributed by atoms with Crippen LogP contribution in [0.4, 0.5) is 0 Å². The van der Waals surface area contributed by atoms with Crippen molar-refractivity contribution in [1.82, 2.24) is 9.55 Å². The quantitative estimate of drug-likeness (QED) is 0.179. The topological polar surface area (TPSA) is 17.8 Å². The zero-order valence-corrected chi connectivity index (χ0v) is 22.6. The molecule has 0 fully saturated rings. The molecule has 190 valence electrons. The Morgan fingerprint density at radius 2 is 1.34 bits per heavy atom. The minimum atomic E-state index is -0.0137. The molecule has 35 heavy (non-hydrogen) atoms. The molecule has 0 saturated carbocycles. The van der Waals surface area contributed by atoms with Gasteiger partial charge in [-0.3, -0.25) is 0 Å². The number of unbranched alkanes of at least 4 members (excludes halogenated alkanes) is 8. The van der Waals surface area contributed by atoms with Gasteiger partial charge in [0.15, 0.2) is 0 Å². The molecule has 0 amide bonds. The van der Waals surface area contributed by atoms with Crippen LogP contribution >= 0.6 is 0 Å². The Hall–Kier alpha value is -2.35. The number of rotatable bonds is 17. The molecule has 0 bridgehead atoms. The van der Waals surface area contributed by atoms with E-state index in [1.807, 2.05) is 6.20 Å². The number of imidazole rings is 1. The molecule has 0 N–H and O–H groups in total. The fourth-order valence-corrected chi connectivity index (χ4v) is 5.70. The lowest BCUT2D eigenvalue weighted by Crippen LogP contribution is -2.35. The number of hydrogen-bond acceptors (Lipinski definition) is 1. The zero-order chi connectivity index (χ0) is 24.8. The van der Waals surface area contributed by atoms with E-state index < -0.39 is 0 Å². The van der Waals surface area contributed by atoms with E-state index in [9.17, 15) is 0 Å². The van der Waals surface area contributed by atoms with Gasteiger partial charge < -0.3 is 4.57 Å². The maximum Gasteiger partial charge on any atom is 0.112 e. The normalized spacial score (nSPS) is 14.0. The van der Waals surface area contributed by atoms with E-state index in [0.29, 0.717) is 5.92 Å². The maximum atomic E-state index is 4.99. The molecule has 0 aliphatic heterocycles. The molecule has 2 nitrogen and oxygen atoms in total. The molecule has 2 aromatic carbocycles. The molecule has 2 unspecified atom stereocenters. The number of aromatic nitrogens is 2. The van der Waals surface area contributed by atoms with Gasteiger partial charge in [0.1, 0.15) is 5.82 Å². The second kappa shape index (κ2) is 14.9. The van der Waals surface area contributed by atoms with Gasteiger partial charge in [-0.2, -0.15) is 0 Å². The Kier molecular flexibility index (Phi) is 11.6. The van der Waals surface area contributed by atoms with Gasteiger partial charge in [0.05, 0.1) is 0 Å². The third kappa shape index (κ3) is 8.09. The fourth-order valence-electron chi connectivity index (χ4n) is 5.70. The second-order valence-corrected chi connectivity index (χ2v) is 10.6. The minimum Gasteiger partial charge on any atom is -0.335 e. The molecule has 1 aromatic heterocycles. The maximum absolute atomic E-state index is 4.99. The summed E-state index contributed by atoms with van der Waals surface area (Å²) in [6.45, 7) is 8.16. The van der Waals surface area contributed by atoms with E-state index in [0.717, 1.165) is 25.8 Å². The highest BCUT2D eigenvalue weighted by Gasteiger charge is 2.38. The van der Waals surface area contributed by atoms with Gasteiger partial charge in [-0.05, 0) is 30.4 Å². The van der Waals surface area contributed by atoms with Crippen LogP contribution in [0.2, 0.25) is 0 Å². The van der Waals surface area contributed by atoms with Gasteiger partial charge in [-0.25, -0.2) is 4.98 Å². The largest absolute Gasteiger partial charge is 0.335 e. The van der Waals surface area contributed by atoms with E-state index in [-0.39, 0.29) is 5.41 Å². The molecule has 0 radical (unpaired) electrons. The summed E-state index contributed by atoms with van der Waals surface area (Å²) in [6.07, 6.45) is 19.9. The number of nitrogens with zero attached hydrogens (tertiary/aromatic N) is 2. The molecule has 0 spiro atoms. The fraction of sp³-hybridized carbons (Fsp3) is 0.545. The Bertz CT molecular complexity index is 930. The van der Waals surface area contributed by atoms with Crippen LogP contribution in [0.1, 0.15) is 114 Å². The highest BCUT2D eigenvalue weighted by Crippen LogP contribution is 2.44. The highest BCUT2D eigenvalue weighted by molar-refractivity contribution is 5.33. The zero-order valence-electron chi connectivity index (χ0n) is 22.6. The van der Waals surface area contributed by atoms with E-state index in [2.05, 4.69) is 92.2 Å². The van der Waals surface area contributed by atoms with E-state index in [1.54, 1.807) is 0 Å². The lowest BCUT2D eigenvalue weighted by Gasteiger charge is -2.39. The van der Waals surface area contributed by atoms with E-state index >= 15 is 0 Å². The van der Waals surface area contributed by atoms with Crippen molar-refractivity contribution in [3.63, 3.8) is 0 Å². The smallest absolute Gasteiger partial charge is 0.112 e. The third-order valence-corrected chi connectivity index (χ3v) is 7.76. The van der Waals surface area contributed by atoms with Gasteiger partial charge in [-0.15, -0.1) is 0 Å². The van der Waals surface area contributed by atoms with Gasteiger partial charge in [0.25, 0.3) is 0 Å². The van der Waals surface area contributed by atoms with Crippen LogP contribution in [-0.2, 0) is 18.4 Å². The Morgan fingerprint density at radius 3 is 1.97 bits per heavy atom. The highest BCUT2D eigenvalue weighted by atomic mass is 15.1. The lowest BCUT2D eigenvalue weighted by molar-refractivity contribution is 0.328. The lowest BCUT2D eigenvalue weighted by atomic mass is 9.66. The predicted octanol–water partition coefficient (Wildman–Crippen LogP) is 9.50. The second-order valence-electron chi connectivity index (χ2n) is 10.6. The number of aryl methyl sites for hydroxylation is 1. The minimum absolute atomic E-state index is 0.0137. The molecular formula is C33H48N2. The van der Waals surface area contributed by atoms with Crippen LogP contribution in [0.3, 0.4) is 0 Å². The third-order valence-electron chi connectivity index (χ3n) is 7.76. The Balaban J connectivity index is 1.72. The van der Waals surface area contributed by atoms with E-state index in [4.69, 9.17) is 4.98 Å². The molecular weight excluding hydrogens is 424 g/mol. The van der Waals surface area contributed by atoms with Crippen LogP contribution in [-0.4, -0.2) is 9.55 Å². The SMILES string of the molecule is CCCCCCCCCCCn1ccnc1C(CCC)C(C)(Cc1ccccc1)c1ccccc1. The van der Waals surface area contributed by atoms with Gasteiger partial charge >= 0.3 is 0 Å². The molecule has 3 rings (SSSR count). The molecule has 2 atom stereocenters. The first kappa shape index (κ1) is 27.2. The van der Waals surface area contributed by atoms with Crippen molar-refractivity contribution in [2.24, 2.45) is 0 Å². The van der Waals surface area contributed by atoms with Crippen molar-refractivity contribution >= 4 is 0 Å². The van der Waals surface area contributed by atoms with Gasteiger partial charge in [-0.1, -0.05) is 139 Å². The van der Waals surface area contributed by atoms with Crippen molar-refractivity contribution in [1.29, 1.82) is 0 Å². The van der Waals surface area contributed by atoms with Crippen molar-refractivity contribution in [3.8, 4) is 0 Å². The number of hydrogen-bond donors (Lipinski definition) is 0. The summed E-state index contributed by atoms with van der Waals surface area (Å²) in [5.74, 6) is 1.65. The predicted molar refractivity (Wildman–Crippen MR) is 151 cm³/mol. The summed E-state index contributed by atoms with van der Waals surface area (Å²) < 4.78 is 2.47. The molecule has 0 aliphatic carbocycles. The van der Waals surface area contributed by atoms with Gasteiger partial charge in [0.2, 0.25) is 0 Å². The van der Waals surface area contributed by atoms with Gasteiger partial charge in [0, 0.05) is 30.3 Å². The van der Waals surface area contributed by atoms with Crippen LogP contribution in [0.5, 0.6) is 0 Å². The summed E-state index contributed by atoms with van der Waals surface area (Å²) in [4.78, 5) is 4.99. The van der Waals surface area contributed by atoms with Crippen molar-refractivity contribution in [3.05, 3.63) is 90.0 Å². The Labute approximate surface area is 215 Å².